The van der Waals surface area contributed by atoms with E-state index in [0.29, 0.717) is 41.6 Å². The lowest BCUT2D eigenvalue weighted by atomic mass is 10.1. The fraction of sp³-hybridized carbons (Fsp3) is 0.316. The quantitative estimate of drug-likeness (QED) is 0.675. The van der Waals surface area contributed by atoms with Gasteiger partial charge in [0.05, 0.1) is 18.6 Å². The topological polar surface area (TPSA) is 75.7 Å². The van der Waals surface area contributed by atoms with E-state index in [2.05, 4.69) is 4.72 Å². The number of carbonyl (C=O) groups excluding carboxylic acids is 1. The summed E-state index contributed by atoms with van der Waals surface area (Å²) in [5.41, 5.74) is 1.57. The Labute approximate surface area is 165 Å². The maximum Gasteiger partial charge on any atom is 0.253 e. The monoisotopic (exact) mass is 410 g/mol. The molecule has 0 bridgehead atoms. The van der Waals surface area contributed by atoms with Gasteiger partial charge in [-0.15, -0.1) is 0 Å². The fourth-order valence-electron chi connectivity index (χ4n) is 2.44. The molecule has 27 heavy (non-hydrogen) atoms. The number of anilines is 1. The summed E-state index contributed by atoms with van der Waals surface area (Å²) in [6.45, 7) is 2.73. The van der Waals surface area contributed by atoms with Crippen molar-refractivity contribution in [1.29, 1.82) is 0 Å². The highest BCUT2D eigenvalue weighted by Gasteiger charge is 2.14. The number of halogens is 1. The summed E-state index contributed by atoms with van der Waals surface area (Å²) in [7, 11) is -1.71. The molecule has 2 rings (SSSR count). The molecule has 0 aliphatic heterocycles. The Kier molecular flexibility index (Phi) is 7.10. The molecule has 0 radical (unpaired) electrons. The number of benzene rings is 2. The van der Waals surface area contributed by atoms with E-state index in [1.165, 1.54) is 0 Å². The second-order valence-electron chi connectivity index (χ2n) is 6.29. The lowest BCUT2D eigenvalue weighted by Gasteiger charge is -2.18. The first-order chi connectivity index (χ1) is 12.7. The summed E-state index contributed by atoms with van der Waals surface area (Å²) < 4.78 is 30.9. The molecule has 146 valence electrons. The van der Waals surface area contributed by atoms with Gasteiger partial charge in [0.2, 0.25) is 10.0 Å². The van der Waals surface area contributed by atoms with Crippen LogP contribution in [0, 0.1) is 6.92 Å². The molecule has 0 aromatic heterocycles. The third kappa shape index (κ3) is 6.77. The summed E-state index contributed by atoms with van der Waals surface area (Å²) in [4.78, 5) is 14.2. The summed E-state index contributed by atoms with van der Waals surface area (Å²) in [5.74, 6) is 0.501. The van der Waals surface area contributed by atoms with Crippen LogP contribution in [0.5, 0.6) is 5.75 Å². The Morgan fingerprint density at radius 1 is 1.22 bits per heavy atom. The summed E-state index contributed by atoms with van der Waals surface area (Å²) in [5, 5.41) is 0.609. The standard InChI is InChI=1S/C19H23ClN2O4S/c1-14-8-9-15(12-18(14)21-27(3,24)25)19(23)22(2)10-5-11-26-17-7-4-6-16(20)13-17/h4,6-9,12-13,21H,5,10-11H2,1-3H3. The molecule has 2 aromatic carbocycles. The first-order valence-corrected chi connectivity index (χ1v) is 10.6. The predicted molar refractivity (Wildman–Crippen MR) is 108 cm³/mol. The Morgan fingerprint density at radius 3 is 2.63 bits per heavy atom. The number of sulfonamides is 1. The number of amides is 1. The molecule has 6 nitrogen and oxygen atoms in total. The normalized spacial score (nSPS) is 11.1. The van der Waals surface area contributed by atoms with Crippen molar-refractivity contribution < 1.29 is 17.9 Å². The summed E-state index contributed by atoms with van der Waals surface area (Å²) >= 11 is 5.91. The lowest BCUT2D eigenvalue weighted by Crippen LogP contribution is -2.28. The molecular formula is C19H23ClN2O4S. The highest BCUT2D eigenvalue weighted by Crippen LogP contribution is 2.19. The summed E-state index contributed by atoms with van der Waals surface area (Å²) in [6, 6.07) is 12.1. The molecule has 8 heteroatoms. The minimum absolute atomic E-state index is 0.186. The average Bonchev–Trinajstić information content (AvgIpc) is 2.58. The first kappa shape index (κ1) is 21.1. The van der Waals surface area contributed by atoms with Gasteiger partial charge in [-0.05, 0) is 49.2 Å². The van der Waals surface area contributed by atoms with Crippen LogP contribution in [0.25, 0.3) is 0 Å². The van der Waals surface area contributed by atoms with Crippen molar-refractivity contribution in [3.63, 3.8) is 0 Å². The van der Waals surface area contributed by atoms with Gasteiger partial charge in [0, 0.05) is 24.2 Å². The van der Waals surface area contributed by atoms with Crippen LogP contribution in [0.4, 0.5) is 5.69 Å². The van der Waals surface area contributed by atoms with E-state index in [1.54, 1.807) is 49.2 Å². The van der Waals surface area contributed by atoms with Crippen LogP contribution in [0.3, 0.4) is 0 Å². The van der Waals surface area contributed by atoms with Gasteiger partial charge >= 0.3 is 0 Å². The van der Waals surface area contributed by atoms with Gasteiger partial charge in [-0.2, -0.15) is 0 Å². The van der Waals surface area contributed by atoms with Gasteiger partial charge in [0.1, 0.15) is 5.75 Å². The van der Waals surface area contributed by atoms with Crippen LogP contribution >= 0.6 is 11.6 Å². The second kappa shape index (κ2) is 9.10. The highest BCUT2D eigenvalue weighted by molar-refractivity contribution is 7.92. The molecule has 2 aromatic rings. The molecule has 0 heterocycles. The zero-order chi connectivity index (χ0) is 20.0. The number of nitrogens with one attached hydrogen (secondary N) is 1. The zero-order valence-corrected chi connectivity index (χ0v) is 17.1. The van der Waals surface area contributed by atoms with Crippen molar-refractivity contribution in [2.45, 2.75) is 13.3 Å². The van der Waals surface area contributed by atoms with E-state index < -0.39 is 10.0 Å². The predicted octanol–water partition coefficient (Wildman–Crippen LogP) is 3.56. The van der Waals surface area contributed by atoms with Crippen LogP contribution < -0.4 is 9.46 Å². The maximum absolute atomic E-state index is 12.6. The number of rotatable bonds is 8. The van der Waals surface area contributed by atoms with E-state index >= 15 is 0 Å². The van der Waals surface area contributed by atoms with E-state index in [0.717, 1.165) is 11.8 Å². The average molecular weight is 411 g/mol. The SMILES string of the molecule is Cc1ccc(C(=O)N(C)CCCOc2cccc(Cl)c2)cc1NS(C)(=O)=O. The maximum atomic E-state index is 12.6. The number of hydrogen-bond donors (Lipinski definition) is 1. The van der Waals surface area contributed by atoms with Gasteiger partial charge in [-0.25, -0.2) is 8.42 Å². The molecule has 0 aliphatic carbocycles. The third-order valence-electron chi connectivity index (χ3n) is 3.83. The van der Waals surface area contributed by atoms with Gasteiger partial charge in [0.15, 0.2) is 0 Å². The number of aryl methyl sites for hydroxylation is 1. The largest absolute Gasteiger partial charge is 0.493 e. The smallest absolute Gasteiger partial charge is 0.253 e. The molecule has 0 saturated heterocycles. The van der Waals surface area contributed by atoms with Crippen LogP contribution in [0.2, 0.25) is 5.02 Å². The zero-order valence-electron chi connectivity index (χ0n) is 15.5. The van der Waals surface area contributed by atoms with Crippen molar-refractivity contribution in [3.05, 3.63) is 58.6 Å². The minimum Gasteiger partial charge on any atom is -0.493 e. The van der Waals surface area contributed by atoms with Crippen molar-refractivity contribution in [2.24, 2.45) is 0 Å². The molecular weight excluding hydrogens is 388 g/mol. The van der Waals surface area contributed by atoms with Gasteiger partial charge in [0.25, 0.3) is 5.91 Å². The highest BCUT2D eigenvalue weighted by atomic mass is 35.5. The molecule has 0 fully saturated rings. The van der Waals surface area contributed by atoms with E-state index in [9.17, 15) is 13.2 Å². The van der Waals surface area contributed by atoms with E-state index in [1.807, 2.05) is 12.1 Å². The number of hydrogen-bond acceptors (Lipinski definition) is 4. The van der Waals surface area contributed by atoms with Crippen LogP contribution in [-0.4, -0.2) is 45.7 Å². The Balaban J connectivity index is 1.91. The number of ether oxygens (including phenoxy) is 1. The van der Waals surface area contributed by atoms with E-state index in [4.69, 9.17) is 16.3 Å². The molecule has 0 atom stereocenters. The molecule has 1 amide bonds. The number of nitrogens with zero attached hydrogens (tertiary/aromatic N) is 1. The van der Waals surface area contributed by atoms with E-state index in [-0.39, 0.29) is 5.91 Å². The Morgan fingerprint density at radius 2 is 1.96 bits per heavy atom. The van der Waals surface area contributed by atoms with Gasteiger partial charge in [-0.3, -0.25) is 9.52 Å². The Bertz CT molecular complexity index is 916. The van der Waals surface area contributed by atoms with Crippen LogP contribution in [-0.2, 0) is 10.0 Å². The van der Waals surface area contributed by atoms with Crippen LogP contribution in [0.15, 0.2) is 42.5 Å². The van der Waals surface area contributed by atoms with Gasteiger partial charge in [-0.1, -0.05) is 23.7 Å². The molecule has 0 unspecified atom stereocenters. The third-order valence-corrected chi connectivity index (χ3v) is 4.66. The lowest BCUT2D eigenvalue weighted by molar-refractivity contribution is 0.0788. The molecule has 1 N–H and O–H groups in total. The Hall–Kier alpha value is -2.25. The van der Waals surface area contributed by atoms with Crippen molar-refractivity contribution in [1.82, 2.24) is 4.90 Å². The van der Waals surface area contributed by atoms with Crippen LogP contribution in [0.1, 0.15) is 22.3 Å². The van der Waals surface area contributed by atoms with Crippen molar-refractivity contribution in [2.75, 3.05) is 31.2 Å². The minimum atomic E-state index is -3.41. The van der Waals surface area contributed by atoms with Gasteiger partial charge < -0.3 is 9.64 Å². The fourth-order valence-corrected chi connectivity index (χ4v) is 3.23. The first-order valence-electron chi connectivity index (χ1n) is 8.38. The summed E-state index contributed by atoms with van der Waals surface area (Å²) in [6.07, 6.45) is 1.72. The molecule has 0 spiro atoms. The second-order valence-corrected chi connectivity index (χ2v) is 8.47. The molecule has 0 saturated carbocycles. The van der Waals surface area contributed by atoms with Crippen molar-refractivity contribution in [3.8, 4) is 5.75 Å². The number of carbonyl (C=O) groups is 1. The molecule has 0 aliphatic rings. The van der Waals surface area contributed by atoms with Crippen molar-refractivity contribution >= 4 is 33.2 Å².